The molecule has 0 spiro atoms. The summed E-state index contributed by atoms with van der Waals surface area (Å²) in [7, 11) is 0.500. The van der Waals surface area contributed by atoms with Crippen molar-refractivity contribution < 1.29 is 9.13 Å². The van der Waals surface area contributed by atoms with E-state index < -0.39 is 5.69 Å². The van der Waals surface area contributed by atoms with E-state index >= 15 is 0 Å². The zero-order valence-corrected chi connectivity index (χ0v) is 12.0. The van der Waals surface area contributed by atoms with Crippen molar-refractivity contribution >= 4 is 0 Å². The van der Waals surface area contributed by atoms with Crippen LogP contribution < -0.4 is 11.2 Å². The van der Waals surface area contributed by atoms with Gasteiger partial charge in [-0.3, -0.25) is 18.7 Å². The third-order valence-corrected chi connectivity index (χ3v) is 2.70. The van der Waals surface area contributed by atoms with Crippen molar-refractivity contribution in [3.63, 3.8) is 0 Å². The second-order valence-electron chi connectivity index (χ2n) is 3.72. The smallest absolute Gasteiger partial charge is 0.330 e. The molecular formula is C13H23FN2O3. The summed E-state index contributed by atoms with van der Waals surface area (Å²) in [5, 5.41) is 0. The van der Waals surface area contributed by atoms with Gasteiger partial charge in [-0.1, -0.05) is 20.8 Å². The molecule has 0 bridgehead atoms. The zero-order valence-electron chi connectivity index (χ0n) is 12.0. The molecule has 1 aromatic heterocycles. The van der Waals surface area contributed by atoms with Gasteiger partial charge in [0.15, 0.2) is 0 Å². The molecule has 1 aliphatic heterocycles. The molecule has 2 rings (SSSR count). The van der Waals surface area contributed by atoms with Gasteiger partial charge in [0.2, 0.25) is 0 Å². The maximum Gasteiger partial charge on any atom is 0.330 e. The van der Waals surface area contributed by atoms with E-state index in [4.69, 9.17) is 4.74 Å². The van der Waals surface area contributed by atoms with E-state index in [1.54, 1.807) is 0 Å². The maximum absolute atomic E-state index is 11.4. The first-order chi connectivity index (χ1) is 9.20. The number of alkyl halides is 1. The van der Waals surface area contributed by atoms with Crippen molar-refractivity contribution in [2.45, 2.75) is 52.4 Å². The summed E-state index contributed by atoms with van der Waals surface area (Å²) in [5.74, 6) is 0. The lowest BCUT2D eigenvalue weighted by atomic mass is 10.2. The van der Waals surface area contributed by atoms with E-state index in [1.165, 1.54) is 16.8 Å². The van der Waals surface area contributed by atoms with Crippen LogP contribution in [0, 0.1) is 0 Å². The number of aromatic amines is 1. The predicted molar refractivity (Wildman–Crippen MR) is 73.1 cm³/mol. The summed E-state index contributed by atoms with van der Waals surface area (Å²) in [6, 6.07) is 1.34. The minimum atomic E-state index is -0.399. The highest BCUT2D eigenvalue weighted by atomic mass is 19.1. The first-order valence-electron chi connectivity index (χ1n) is 6.55. The highest BCUT2D eigenvalue weighted by Crippen LogP contribution is 2.28. The molecule has 2 unspecified atom stereocenters. The van der Waals surface area contributed by atoms with Crippen LogP contribution in [-0.4, -0.2) is 22.8 Å². The molecule has 1 fully saturated rings. The molecule has 2 atom stereocenters. The number of nitrogens with one attached hydrogen (secondary N) is 1. The number of nitrogens with zero attached hydrogens (tertiary/aromatic N) is 1. The standard InChI is InChI=1S/C10H14N2O3.C2H6.CH3F/c1-2-7-3-4-9(15-7)12-6-5-8(13)11-10(12)14;2*1-2/h5-7,9H,2-4H2,1H3,(H,11,13,14);1-2H3;1H3. The average molecular weight is 274 g/mol. The predicted octanol–water partition coefficient (Wildman–Crippen LogP) is 2.24. The molecule has 5 nitrogen and oxygen atoms in total. The van der Waals surface area contributed by atoms with E-state index in [2.05, 4.69) is 11.9 Å². The van der Waals surface area contributed by atoms with Crippen LogP contribution in [0.25, 0.3) is 0 Å². The molecule has 1 aromatic rings. The number of hydrogen-bond donors (Lipinski definition) is 1. The fraction of sp³-hybridized carbons (Fsp3) is 0.692. The molecule has 0 aromatic carbocycles. The minimum absolute atomic E-state index is 0.223. The first kappa shape index (κ1) is 17.6. The number of H-pyrrole nitrogens is 1. The van der Waals surface area contributed by atoms with Gasteiger partial charge in [0.1, 0.15) is 6.23 Å². The summed E-state index contributed by atoms with van der Waals surface area (Å²) in [5.41, 5.74) is -0.773. The molecule has 0 saturated carbocycles. The third-order valence-electron chi connectivity index (χ3n) is 2.70. The van der Waals surface area contributed by atoms with Gasteiger partial charge >= 0.3 is 5.69 Å². The monoisotopic (exact) mass is 274 g/mol. The molecule has 0 aliphatic carbocycles. The lowest BCUT2D eigenvalue weighted by molar-refractivity contribution is -0.00200. The second-order valence-corrected chi connectivity index (χ2v) is 3.72. The minimum Gasteiger partial charge on any atom is -0.355 e. The molecule has 1 saturated heterocycles. The van der Waals surface area contributed by atoms with E-state index in [0.29, 0.717) is 7.18 Å². The largest absolute Gasteiger partial charge is 0.355 e. The highest BCUT2D eigenvalue weighted by Gasteiger charge is 2.25. The molecular weight excluding hydrogens is 251 g/mol. The first-order valence-corrected chi connectivity index (χ1v) is 6.55. The lowest BCUT2D eigenvalue weighted by Crippen LogP contribution is -2.31. The van der Waals surface area contributed by atoms with Crippen LogP contribution in [0.5, 0.6) is 0 Å². The Bertz CT molecular complexity index is 456. The number of ether oxygens (including phenoxy) is 1. The molecule has 110 valence electrons. The summed E-state index contributed by atoms with van der Waals surface area (Å²) < 4.78 is 16.6. The van der Waals surface area contributed by atoms with Gasteiger partial charge in [-0.25, -0.2) is 4.79 Å². The topological polar surface area (TPSA) is 64.1 Å². The highest BCUT2D eigenvalue weighted by molar-refractivity contribution is 4.85. The van der Waals surface area contributed by atoms with Crippen molar-refractivity contribution in [3.8, 4) is 0 Å². The SMILES string of the molecule is CC.CCC1CCC(n2ccc(=O)[nH]c2=O)O1.CF. The van der Waals surface area contributed by atoms with E-state index in [9.17, 15) is 14.0 Å². The van der Waals surface area contributed by atoms with E-state index in [-0.39, 0.29) is 17.9 Å². The van der Waals surface area contributed by atoms with Gasteiger partial charge in [0, 0.05) is 12.3 Å². The van der Waals surface area contributed by atoms with Gasteiger partial charge in [0.05, 0.1) is 13.3 Å². The lowest BCUT2D eigenvalue weighted by Gasteiger charge is -2.14. The molecule has 1 aliphatic rings. The number of hydrogen-bond acceptors (Lipinski definition) is 3. The summed E-state index contributed by atoms with van der Waals surface area (Å²) in [6.45, 7) is 6.06. The molecule has 1 N–H and O–H groups in total. The Labute approximate surface area is 112 Å². The molecule has 0 amide bonds. The Morgan fingerprint density at radius 1 is 1.37 bits per heavy atom. The molecule has 0 radical (unpaired) electrons. The molecule has 2 heterocycles. The summed E-state index contributed by atoms with van der Waals surface area (Å²) >= 11 is 0. The van der Waals surface area contributed by atoms with Crippen molar-refractivity contribution in [3.05, 3.63) is 33.1 Å². The molecule has 6 heteroatoms. The Morgan fingerprint density at radius 3 is 2.47 bits per heavy atom. The Hall–Kier alpha value is -1.43. The Morgan fingerprint density at radius 2 is 2.00 bits per heavy atom. The quantitative estimate of drug-likeness (QED) is 0.899. The van der Waals surface area contributed by atoms with Crippen molar-refractivity contribution in [1.82, 2.24) is 9.55 Å². The van der Waals surface area contributed by atoms with Gasteiger partial charge in [0.25, 0.3) is 5.56 Å². The normalized spacial score (nSPS) is 20.9. The van der Waals surface area contributed by atoms with Crippen molar-refractivity contribution in [1.29, 1.82) is 0 Å². The van der Waals surface area contributed by atoms with Crippen LogP contribution in [0.1, 0.15) is 46.3 Å². The average Bonchev–Trinajstić information content (AvgIpc) is 2.92. The second kappa shape index (κ2) is 9.49. The third kappa shape index (κ3) is 4.98. The number of halogens is 1. The van der Waals surface area contributed by atoms with Crippen molar-refractivity contribution in [2.24, 2.45) is 0 Å². The van der Waals surface area contributed by atoms with Crippen LogP contribution in [0.3, 0.4) is 0 Å². The van der Waals surface area contributed by atoms with Gasteiger partial charge < -0.3 is 4.74 Å². The summed E-state index contributed by atoms with van der Waals surface area (Å²) in [4.78, 5) is 24.5. The van der Waals surface area contributed by atoms with Crippen LogP contribution in [0.4, 0.5) is 4.39 Å². The van der Waals surface area contributed by atoms with Gasteiger partial charge in [-0.15, -0.1) is 0 Å². The Balaban J connectivity index is 0.000000741. The molecule has 19 heavy (non-hydrogen) atoms. The fourth-order valence-corrected chi connectivity index (χ4v) is 1.85. The maximum atomic E-state index is 11.4. The van der Waals surface area contributed by atoms with Crippen LogP contribution in [0.15, 0.2) is 21.9 Å². The van der Waals surface area contributed by atoms with Crippen LogP contribution in [0.2, 0.25) is 0 Å². The number of aromatic nitrogens is 2. The number of rotatable bonds is 2. The summed E-state index contributed by atoms with van der Waals surface area (Å²) in [6.07, 6.45) is 4.24. The Kier molecular flexibility index (Phi) is 8.78. The van der Waals surface area contributed by atoms with Gasteiger partial charge in [-0.05, 0) is 19.3 Å². The van der Waals surface area contributed by atoms with Crippen LogP contribution >= 0.6 is 0 Å². The fourth-order valence-electron chi connectivity index (χ4n) is 1.85. The van der Waals surface area contributed by atoms with Crippen LogP contribution in [-0.2, 0) is 4.74 Å². The zero-order chi connectivity index (χ0) is 14.8. The van der Waals surface area contributed by atoms with E-state index in [0.717, 1.165) is 19.3 Å². The van der Waals surface area contributed by atoms with E-state index in [1.807, 2.05) is 13.8 Å². The van der Waals surface area contributed by atoms with Crippen molar-refractivity contribution in [2.75, 3.05) is 7.18 Å². The van der Waals surface area contributed by atoms with Gasteiger partial charge in [-0.2, -0.15) is 0 Å².